The van der Waals surface area contributed by atoms with Gasteiger partial charge in [0.1, 0.15) is 0 Å². The van der Waals surface area contributed by atoms with Crippen LogP contribution in [-0.2, 0) is 35.7 Å². The number of allylic oxidation sites excluding steroid dienone is 2. The van der Waals surface area contributed by atoms with Crippen LogP contribution in [0.2, 0.25) is 0 Å². The Bertz CT molecular complexity index is 1930. The fraction of sp³-hybridized carbons (Fsp3) is 0.447. The summed E-state index contributed by atoms with van der Waals surface area (Å²) in [5.74, 6) is 0.547. The number of aliphatic hydroxyl groups excluding tert-OH is 1. The first-order valence-electron chi connectivity index (χ1n) is 18.8. The van der Waals surface area contributed by atoms with Crippen LogP contribution in [0.15, 0.2) is 66.6 Å². The molecule has 5 nitrogen and oxygen atoms in total. The number of aryl methyl sites for hydroxylation is 3. The van der Waals surface area contributed by atoms with Gasteiger partial charge in [-0.2, -0.15) is 0 Å². The van der Waals surface area contributed by atoms with Crippen LogP contribution in [-0.4, -0.2) is 20.9 Å². The SMILES string of the molecule is CCC(CC)C(=O)/C=C(\O)C(CC)CC.[C-]#[N+]c1c(C)cccc1-c1cnc(-c2[c-]c(C)cc(C(C)(C)C)c2)c(-c2cc(C)cc(C(C)(C)C)c2)n1.[Ir]. The van der Waals surface area contributed by atoms with Gasteiger partial charge in [0.25, 0.3) is 0 Å². The van der Waals surface area contributed by atoms with Crippen molar-refractivity contribution in [2.24, 2.45) is 11.8 Å². The summed E-state index contributed by atoms with van der Waals surface area (Å²) in [5, 5.41) is 9.76. The first-order chi connectivity index (χ1) is 24.4. The van der Waals surface area contributed by atoms with E-state index in [9.17, 15) is 9.90 Å². The van der Waals surface area contributed by atoms with Gasteiger partial charge >= 0.3 is 0 Å². The maximum atomic E-state index is 11.7. The summed E-state index contributed by atoms with van der Waals surface area (Å²) in [4.78, 5) is 25.7. The van der Waals surface area contributed by atoms with Gasteiger partial charge in [-0.1, -0.05) is 112 Å². The first kappa shape index (κ1) is 45.2. The van der Waals surface area contributed by atoms with E-state index in [2.05, 4.69) is 96.6 Å². The molecule has 3 aromatic carbocycles. The van der Waals surface area contributed by atoms with Crippen LogP contribution in [0, 0.1) is 45.2 Å². The van der Waals surface area contributed by atoms with Crippen LogP contribution in [0.5, 0.6) is 0 Å². The average Bonchev–Trinajstić information content (AvgIpc) is 3.08. The third kappa shape index (κ3) is 11.8. The van der Waals surface area contributed by atoms with Crippen molar-refractivity contribution in [3.63, 3.8) is 0 Å². The number of benzene rings is 3. The number of aromatic nitrogens is 2. The number of aliphatic hydroxyl groups is 1. The van der Waals surface area contributed by atoms with Crippen molar-refractivity contribution >= 4 is 11.5 Å². The number of ketones is 1. The Kier molecular flexibility index (Phi) is 16.6. The van der Waals surface area contributed by atoms with Gasteiger partial charge in [-0.15, -0.1) is 34.9 Å². The molecule has 6 heteroatoms. The van der Waals surface area contributed by atoms with Gasteiger partial charge in [-0.3, -0.25) is 9.78 Å². The van der Waals surface area contributed by atoms with Crippen LogP contribution >= 0.6 is 0 Å². The van der Waals surface area contributed by atoms with Crippen LogP contribution in [0.3, 0.4) is 0 Å². The van der Waals surface area contributed by atoms with Gasteiger partial charge < -0.3 is 10.1 Å². The predicted octanol–water partition coefficient (Wildman–Crippen LogP) is 13.2. The third-order valence-corrected chi connectivity index (χ3v) is 9.82. The Hall–Kier alpha value is -3.91. The molecule has 1 aromatic heterocycles. The standard InChI is InChI=1S/C34H36N3.C13H24O2.Ir/c1-21-14-24(18-26(16-21)33(4,5)6)31-32(25-15-22(2)17-27(19-25)34(7,8)9)37-29(20-36-31)28-13-11-12-23(3)30(28)35-10;1-5-10(6-2)12(14)9-13(15)11(7-3)8-4;/h11-13,15-20H,1-9H3;9-11,14H,5-8H2,1-4H3;/q-1;;/b;12-9-;. The topological polar surface area (TPSA) is 67.4 Å². The van der Waals surface area contributed by atoms with Crippen LogP contribution in [0.1, 0.15) is 123 Å². The van der Waals surface area contributed by atoms with Gasteiger partial charge in [0.2, 0.25) is 0 Å². The molecule has 0 fully saturated rings. The Labute approximate surface area is 334 Å². The van der Waals surface area contributed by atoms with Crippen molar-refractivity contribution < 1.29 is 30.0 Å². The van der Waals surface area contributed by atoms with E-state index >= 15 is 0 Å². The molecule has 53 heavy (non-hydrogen) atoms. The van der Waals surface area contributed by atoms with Gasteiger partial charge in [0, 0.05) is 55.5 Å². The van der Waals surface area contributed by atoms with Gasteiger partial charge in [0.15, 0.2) is 11.5 Å². The van der Waals surface area contributed by atoms with E-state index in [-0.39, 0.29) is 54.3 Å². The Morgan fingerprint density at radius 2 is 1.43 bits per heavy atom. The Balaban J connectivity index is 0.000000516. The second-order valence-electron chi connectivity index (χ2n) is 16.1. The first-order valence-corrected chi connectivity index (χ1v) is 18.8. The van der Waals surface area contributed by atoms with E-state index < -0.39 is 0 Å². The summed E-state index contributed by atoms with van der Waals surface area (Å²) in [7, 11) is 0. The van der Waals surface area contributed by atoms with Crippen molar-refractivity contribution in [3.05, 3.63) is 112 Å². The van der Waals surface area contributed by atoms with Gasteiger partial charge in [-0.05, 0) is 73.1 Å². The molecule has 0 aliphatic heterocycles. The second kappa shape index (κ2) is 19.4. The van der Waals surface area contributed by atoms with E-state index in [0.29, 0.717) is 11.4 Å². The molecule has 0 saturated heterocycles. The number of para-hydroxylation sites is 1. The van der Waals surface area contributed by atoms with Crippen LogP contribution in [0.25, 0.3) is 38.6 Å². The van der Waals surface area contributed by atoms with Crippen molar-refractivity contribution in [1.82, 2.24) is 9.97 Å². The average molecular weight is 891 g/mol. The molecule has 0 spiro atoms. The molecule has 0 bridgehead atoms. The van der Waals surface area contributed by atoms with Gasteiger partial charge in [0.05, 0.1) is 23.7 Å². The minimum Gasteiger partial charge on any atom is -0.512 e. The van der Waals surface area contributed by atoms with Crippen molar-refractivity contribution in [2.45, 2.75) is 127 Å². The Morgan fingerprint density at radius 3 is 1.98 bits per heavy atom. The second-order valence-corrected chi connectivity index (χ2v) is 16.1. The molecule has 1 heterocycles. The minimum atomic E-state index is -0.00531. The summed E-state index contributed by atoms with van der Waals surface area (Å²) < 4.78 is 0. The summed E-state index contributed by atoms with van der Waals surface area (Å²) in [6.45, 7) is 35.4. The summed E-state index contributed by atoms with van der Waals surface area (Å²) in [5.41, 5.74) is 11.4. The molecular weight excluding hydrogens is 831 g/mol. The molecule has 0 amide bonds. The number of nitrogens with zero attached hydrogens (tertiary/aromatic N) is 3. The fourth-order valence-corrected chi connectivity index (χ4v) is 6.34. The molecule has 0 saturated carbocycles. The molecule has 285 valence electrons. The predicted molar refractivity (Wildman–Crippen MR) is 219 cm³/mol. The molecular formula is C47H60IrN3O2-. The van der Waals surface area contributed by atoms with E-state index in [1.54, 1.807) is 6.20 Å². The molecule has 1 radical (unpaired) electrons. The summed E-state index contributed by atoms with van der Waals surface area (Å²) in [6, 6.07) is 20.5. The molecule has 1 N–H and O–H groups in total. The number of carbonyl (C=O) groups is 1. The monoisotopic (exact) mass is 891 g/mol. The molecule has 4 aromatic rings. The zero-order valence-electron chi connectivity index (χ0n) is 34.3. The summed E-state index contributed by atoms with van der Waals surface area (Å²) in [6.07, 6.45) is 6.71. The number of rotatable bonds is 10. The van der Waals surface area contributed by atoms with E-state index in [4.69, 9.17) is 16.5 Å². The Morgan fingerprint density at radius 1 is 0.849 bits per heavy atom. The largest absolute Gasteiger partial charge is 0.512 e. The molecule has 0 unspecified atom stereocenters. The normalized spacial score (nSPS) is 11.8. The zero-order valence-corrected chi connectivity index (χ0v) is 36.7. The molecule has 0 aliphatic rings. The van der Waals surface area contributed by atoms with Crippen LogP contribution < -0.4 is 0 Å². The van der Waals surface area contributed by atoms with Gasteiger partial charge in [-0.25, -0.2) is 4.85 Å². The minimum absolute atomic E-state index is 0. The quantitative estimate of drug-likeness (QED) is 0.0978. The van der Waals surface area contributed by atoms with Crippen molar-refractivity contribution in [3.8, 4) is 33.8 Å². The maximum Gasteiger partial charge on any atom is 0.199 e. The number of hydrogen-bond donors (Lipinski definition) is 1. The summed E-state index contributed by atoms with van der Waals surface area (Å²) >= 11 is 0. The van der Waals surface area contributed by atoms with E-state index in [1.165, 1.54) is 22.8 Å². The zero-order chi connectivity index (χ0) is 39.0. The number of hydrogen-bond acceptors (Lipinski definition) is 4. The molecule has 4 rings (SSSR count). The number of carbonyl (C=O) groups excluding carboxylic acids is 1. The smallest absolute Gasteiger partial charge is 0.199 e. The van der Waals surface area contributed by atoms with Crippen molar-refractivity contribution in [2.75, 3.05) is 0 Å². The maximum absolute atomic E-state index is 11.7. The third-order valence-electron chi connectivity index (χ3n) is 9.82. The fourth-order valence-electron chi connectivity index (χ4n) is 6.34. The van der Waals surface area contributed by atoms with Crippen molar-refractivity contribution in [1.29, 1.82) is 0 Å². The van der Waals surface area contributed by atoms with E-state index in [1.807, 2.05) is 52.8 Å². The van der Waals surface area contributed by atoms with E-state index in [0.717, 1.165) is 64.9 Å². The van der Waals surface area contributed by atoms with Crippen LogP contribution in [0.4, 0.5) is 5.69 Å². The molecule has 0 aliphatic carbocycles. The molecule has 0 atom stereocenters.